The summed E-state index contributed by atoms with van der Waals surface area (Å²) in [6.45, 7) is 15.1. The number of nitrogens with zero attached hydrogens (tertiary/aromatic N) is 2. The third-order valence-electron chi connectivity index (χ3n) is 4.11. The highest BCUT2D eigenvalue weighted by atomic mass is 16.7. The number of aldehydes is 1. The van der Waals surface area contributed by atoms with Crippen LogP contribution < -0.4 is 4.74 Å². The molecule has 5 nitrogen and oxygen atoms in total. The molecular weight excluding hydrogens is 376 g/mol. The van der Waals surface area contributed by atoms with Gasteiger partial charge in [0, 0.05) is 12.0 Å². The van der Waals surface area contributed by atoms with E-state index in [9.17, 15) is 10.1 Å². The van der Waals surface area contributed by atoms with Crippen molar-refractivity contribution in [1.29, 1.82) is 5.26 Å². The normalized spacial score (nSPS) is 12.3. The SMILES string of the molecule is [C-]#[N+]/C(=C(/C#N)c1ccc(OC(CC)OC=CC(=C)C)cc1)c1ccc(C=O)cc1. The Balaban J connectivity index is 2.26. The molecule has 150 valence electrons. The van der Waals surface area contributed by atoms with Gasteiger partial charge in [0.25, 0.3) is 0 Å². The van der Waals surface area contributed by atoms with E-state index < -0.39 is 6.29 Å². The van der Waals surface area contributed by atoms with Crippen molar-refractivity contribution in [2.24, 2.45) is 0 Å². The summed E-state index contributed by atoms with van der Waals surface area (Å²) in [6.07, 6.45) is 4.24. The summed E-state index contributed by atoms with van der Waals surface area (Å²) >= 11 is 0. The lowest BCUT2D eigenvalue weighted by Gasteiger charge is -2.17. The quantitative estimate of drug-likeness (QED) is 0.0984. The first-order valence-corrected chi connectivity index (χ1v) is 9.34. The van der Waals surface area contributed by atoms with E-state index in [0.717, 1.165) is 11.9 Å². The zero-order valence-corrected chi connectivity index (χ0v) is 17.0. The Kier molecular flexibility index (Phi) is 8.17. The molecule has 0 spiro atoms. The van der Waals surface area contributed by atoms with Gasteiger partial charge >= 0.3 is 0 Å². The molecule has 1 atom stereocenters. The largest absolute Gasteiger partial charge is 0.463 e. The summed E-state index contributed by atoms with van der Waals surface area (Å²) in [4.78, 5) is 14.4. The molecule has 0 saturated heterocycles. The van der Waals surface area contributed by atoms with E-state index in [1.807, 2.05) is 13.8 Å². The first-order chi connectivity index (χ1) is 14.5. The number of hydrogen-bond acceptors (Lipinski definition) is 4. The Bertz CT molecular complexity index is 1030. The maximum atomic E-state index is 10.8. The van der Waals surface area contributed by atoms with Crippen molar-refractivity contribution in [3.63, 3.8) is 0 Å². The van der Waals surface area contributed by atoms with Crippen LogP contribution >= 0.6 is 0 Å². The molecule has 2 aromatic carbocycles. The maximum Gasteiger partial charge on any atom is 0.239 e. The van der Waals surface area contributed by atoms with Crippen LogP contribution in [0.4, 0.5) is 0 Å². The number of carbonyl (C=O) groups is 1. The van der Waals surface area contributed by atoms with E-state index in [4.69, 9.17) is 16.0 Å². The molecule has 0 heterocycles. The van der Waals surface area contributed by atoms with Gasteiger partial charge in [0.2, 0.25) is 12.0 Å². The standard InChI is InChI=1S/C25H22N2O3/c1-5-24(29-15-14-18(2)3)30-22-12-10-20(11-13-22)23(16-26)25(27-4)21-8-6-19(17-28)7-9-21/h6-15,17,24H,2,5H2,1,3H3/b15-14?,25-23-. The Morgan fingerprint density at radius 3 is 2.33 bits per heavy atom. The number of hydrogen-bond donors (Lipinski definition) is 0. The molecule has 0 aliphatic carbocycles. The topological polar surface area (TPSA) is 63.7 Å². The number of rotatable bonds is 9. The Labute approximate surface area is 177 Å². The molecule has 0 aromatic heterocycles. The molecule has 0 saturated carbocycles. The molecule has 30 heavy (non-hydrogen) atoms. The van der Waals surface area contributed by atoms with Crippen LogP contribution in [0.5, 0.6) is 5.75 Å². The average molecular weight is 398 g/mol. The molecule has 2 rings (SSSR count). The van der Waals surface area contributed by atoms with E-state index in [1.54, 1.807) is 60.9 Å². The Morgan fingerprint density at radius 2 is 1.83 bits per heavy atom. The van der Waals surface area contributed by atoms with Crippen molar-refractivity contribution >= 4 is 17.6 Å². The van der Waals surface area contributed by atoms with E-state index in [-0.39, 0.29) is 11.3 Å². The fraction of sp³-hybridized carbons (Fsp3) is 0.160. The van der Waals surface area contributed by atoms with Gasteiger partial charge in [0.15, 0.2) is 0 Å². The number of carbonyl (C=O) groups excluding carboxylic acids is 1. The van der Waals surface area contributed by atoms with Crippen LogP contribution in [0.25, 0.3) is 16.1 Å². The summed E-state index contributed by atoms with van der Waals surface area (Å²) in [5, 5.41) is 9.66. The first-order valence-electron chi connectivity index (χ1n) is 9.34. The van der Waals surface area contributed by atoms with Crippen LogP contribution in [0.3, 0.4) is 0 Å². The Morgan fingerprint density at radius 1 is 1.20 bits per heavy atom. The van der Waals surface area contributed by atoms with Gasteiger partial charge in [-0.15, -0.1) is 0 Å². The van der Waals surface area contributed by atoms with Gasteiger partial charge in [-0.1, -0.05) is 55.5 Å². The van der Waals surface area contributed by atoms with Crippen LogP contribution in [-0.4, -0.2) is 12.6 Å². The lowest BCUT2D eigenvalue weighted by atomic mass is 10.00. The van der Waals surface area contributed by atoms with Crippen LogP contribution in [0.1, 0.15) is 41.8 Å². The third-order valence-corrected chi connectivity index (χ3v) is 4.11. The summed E-state index contributed by atoms with van der Waals surface area (Å²) in [7, 11) is 0. The lowest BCUT2D eigenvalue weighted by molar-refractivity contribution is -0.0313. The predicted octanol–water partition coefficient (Wildman–Crippen LogP) is 6.03. The maximum absolute atomic E-state index is 10.8. The van der Waals surface area contributed by atoms with Gasteiger partial charge in [-0.3, -0.25) is 4.79 Å². The lowest BCUT2D eigenvalue weighted by Crippen LogP contribution is -2.16. The van der Waals surface area contributed by atoms with E-state index in [0.29, 0.717) is 28.9 Å². The van der Waals surface area contributed by atoms with Crippen molar-refractivity contribution in [1.82, 2.24) is 0 Å². The fourth-order valence-electron chi connectivity index (χ4n) is 2.54. The smallest absolute Gasteiger partial charge is 0.239 e. The number of benzene rings is 2. The van der Waals surface area contributed by atoms with Gasteiger partial charge in [0.05, 0.1) is 24.5 Å². The molecular formula is C25H22N2O3. The van der Waals surface area contributed by atoms with Gasteiger partial charge < -0.3 is 9.47 Å². The molecule has 0 N–H and O–H groups in total. The van der Waals surface area contributed by atoms with Crippen LogP contribution in [0, 0.1) is 17.9 Å². The number of nitriles is 1. The molecule has 1 unspecified atom stereocenters. The molecule has 2 aromatic rings. The summed E-state index contributed by atoms with van der Waals surface area (Å²) < 4.78 is 11.4. The third kappa shape index (κ3) is 5.95. The minimum atomic E-state index is -0.451. The first kappa shape index (κ1) is 22.2. The zero-order chi connectivity index (χ0) is 21.9. The summed E-state index contributed by atoms with van der Waals surface area (Å²) in [5.41, 5.74) is 3.05. The van der Waals surface area contributed by atoms with Crippen molar-refractivity contribution in [2.45, 2.75) is 26.6 Å². The van der Waals surface area contributed by atoms with E-state index in [1.165, 1.54) is 0 Å². The highest BCUT2D eigenvalue weighted by Crippen LogP contribution is 2.29. The van der Waals surface area contributed by atoms with E-state index in [2.05, 4.69) is 17.5 Å². The Hall–Kier alpha value is -4.09. The molecule has 0 aliphatic rings. The highest BCUT2D eigenvalue weighted by Gasteiger charge is 2.13. The van der Waals surface area contributed by atoms with E-state index >= 15 is 0 Å². The molecule has 0 bridgehead atoms. The second-order valence-electron chi connectivity index (χ2n) is 6.45. The highest BCUT2D eigenvalue weighted by molar-refractivity contribution is 6.00. The summed E-state index contributed by atoms with van der Waals surface area (Å²) in [5.74, 6) is 0.589. The van der Waals surface area contributed by atoms with Gasteiger partial charge in [0.1, 0.15) is 12.0 Å². The zero-order valence-electron chi connectivity index (χ0n) is 17.0. The molecule has 0 amide bonds. The minimum absolute atomic E-state index is 0.225. The van der Waals surface area contributed by atoms with Gasteiger partial charge in [-0.2, -0.15) is 5.26 Å². The predicted molar refractivity (Wildman–Crippen MR) is 117 cm³/mol. The van der Waals surface area contributed by atoms with Gasteiger partial charge in [-0.25, -0.2) is 4.85 Å². The van der Waals surface area contributed by atoms with Crippen molar-refractivity contribution in [3.8, 4) is 11.8 Å². The fourth-order valence-corrected chi connectivity index (χ4v) is 2.54. The monoisotopic (exact) mass is 398 g/mol. The van der Waals surface area contributed by atoms with Crippen LogP contribution in [0.2, 0.25) is 0 Å². The second kappa shape index (κ2) is 11.0. The summed E-state index contributed by atoms with van der Waals surface area (Å²) in [6, 6.07) is 15.6. The minimum Gasteiger partial charge on any atom is -0.463 e. The number of ether oxygens (including phenoxy) is 2. The second-order valence-corrected chi connectivity index (χ2v) is 6.45. The molecule has 0 aliphatic heterocycles. The van der Waals surface area contributed by atoms with Crippen molar-refractivity contribution < 1.29 is 14.3 Å². The van der Waals surface area contributed by atoms with Crippen molar-refractivity contribution in [3.05, 3.63) is 101 Å². The van der Waals surface area contributed by atoms with Crippen LogP contribution in [-0.2, 0) is 4.74 Å². The molecule has 0 fully saturated rings. The molecule has 5 heteroatoms. The average Bonchev–Trinajstić information content (AvgIpc) is 2.77. The van der Waals surface area contributed by atoms with Crippen molar-refractivity contribution in [2.75, 3.05) is 0 Å². The number of allylic oxidation sites excluding steroid dienone is 3. The van der Waals surface area contributed by atoms with Crippen LogP contribution in [0.15, 0.2) is 73.0 Å². The van der Waals surface area contributed by atoms with Gasteiger partial charge in [-0.05, 0) is 36.3 Å². The molecule has 0 radical (unpaired) electrons.